The second-order valence-corrected chi connectivity index (χ2v) is 5.06. The Hall–Kier alpha value is -1.26. The summed E-state index contributed by atoms with van der Waals surface area (Å²) in [5.41, 5.74) is 13.2. The average Bonchev–Trinajstić information content (AvgIpc) is 2.37. The Morgan fingerprint density at radius 1 is 1.56 bits per heavy atom. The van der Waals surface area contributed by atoms with Crippen molar-refractivity contribution < 1.29 is 4.79 Å². The number of carbonyl (C=O) groups is 1. The lowest BCUT2D eigenvalue weighted by Gasteiger charge is -2.38. The number of amides is 1. The molecule has 0 saturated heterocycles. The van der Waals surface area contributed by atoms with Crippen LogP contribution in [0.2, 0.25) is 0 Å². The third-order valence-electron chi connectivity index (χ3n) is 3.87. The van der Waals surface area contributed by atoms with Gasteiger partial charge in [-0.25, -0.2) is 0 Å². The average molecular weight is 253 g/mol. The predicted octanol–water partition coefficient (Wildman–Crippen LogP) is 2.10. The van der Waals surface area contributed by atoms with Crippen LogP contribution >= 0.6 is 0 Å². The first kappa shape index (κ1) is 14.8. The summed E-state index contributed by atoms with van der Waals surface area (Å²) in [7, 11) is 0. The number of primary amides is 1. The largest absolute Gasteiger partial charge is 0.368 e. The van der Waals surface area contributed by atoms with E-state index in [4.69, 9.17) is 11.3 Å². The Morgan fingerprint density at radius 3 is 2.72 bits per heavy atom. The third-order valence-corrected chi connectivity index (χ3v) is 3.87. The van der Waals surface area contributed by atoms with Gasteiger partial charge in [-0.3, -0.25) is 4.79 Å². The van der Waals surface area contributed by atoms with Gasteiger partial charge in [0.1, 0.15) is 0 Å². The third kappa shape index (κ3) is 3.89. The molecule has 0 radical (unpaired) electrons. The van der Waals surface area contributed by atoms with Gasteiger partial charge in [0.05, 0.1) is 5.54 Å². The Balaban J connectivity index is 2.50. The van der Waals surface area contributed by atoms with E-state index in [0.29, 0.717) is 13.1 Å². The van der Waals surface area contributed by atoms with E-state index in [9.17, 15) is 4.79 Å². The van der Waals surface area contributed by atoms with Gasteiger partial charge < -0.3 is 11.1 Å². The Bertz CT molecular complexity index is 316. The number of rotatable bonds is 7. The molecule has 18 heavy (non-hydrogen) atoms. The minimum Gasteiger partial charge on any atom is -0.368 e. The highest BCUT2D eigenvalue weighted by Gasteiger charge is 2.39. The maximum Gasteiger partial charge on any atom is 0.237 e. The number of carbonyl (C=O) groups excluding carboxylic acids is 1. The summed E-state index contributed by atoms with van der Waals surface area (Å²) in [5, 5.41) is 6.65. The van der Waals surface area contributed by atoms with Crippen molar-refractivity contribution in [3.63, 3.8) is 0 Å². The second kappa shape index (κ2) is 7.24. The van der Waals surface area contributed by atoms with Gasteiger partial charge in [-0.15, -0.1) is 0 Å². The van der Waals surface area contributed by atoms with Crippen LogP contribution in [-0.2, 0) is 4.79 Å². The predicted molar refractivity (Wildman–Crippen MR) is 70.8 cm³/mol. The quantitative estimate of drug-likeness (QED) is 0.314. The molecule has 6 nitrogen and oxygen atoms in total. The van der Waals surface area contributed by atoms with E-state index in [2.05, 4.69) is 22.3 Å². The number of nitrogens with zero attached hydrogens (tertiary/aromatic N) is 3. The lowest BCUT2D eigenvalue weighted by molar-refractivity contribution is -0.126. The number of hydrogen-bond acceptors (Lipinski definition) is 3. The molecule has 1 fully saturated rings. The van der Waals surface area contributed by atoms with Crippen LogP contribution in [0, 0.1) is 5.92 Å². The zero-order valence-electron chi connectivity index (χ0n) is 11.1. The number of azide groups is 1. The monoisotopic (exact) mass is 253 g/mol. The highest BCUT2D eigenvalue weighted by molar-refractivity contribution is 5.84. The van der Waals surface area contributed by atoms with Crippen molar-refractivity contribution in [3.05, 3.63) is 10.4 Å². The van der Waals surface area contributed by atoms with E-state index in [1.54, 1.807) is 0 Å². The molecule has 0 aromatic rings. The topological polar surface area (TPSA) is 104 Å². The molecular weight excluding hydrogens is 230 g/mol. The van der Waals surface area contributed by atoms with E-state index in [1.807, 2.05) is 0 Å². The number of nitrogens with one attached hydrogen (secondary N) is 1. The summed E-state index contributed by atoms with van der Waals surface area (Å²) in [6.07, 6.45) is 6.11. The van der Waals surface area contributed by atoms with Crippen molar-refractivity contribution in [3.8, 4) is 0 Å². The molecule has 6 heteroatoms. The molecule has 102 valence electrons. The smallest absolute Gasteiger partial charge is 0.237 e. The SMILES string of the molecule is CCCC1CCC(NCCN=[N+]=[N-])(C(N)=O)CC1. The van der Waals surface area contributed by atoms with Crippen molar-refractivity contribution in [2.24, 2.45) is 16.8 Å². The van der Waals surface area contributed by atoms with Crippen molar-refractivity contribution in [1.82, 2.24) is 5.32 Å². The maximum atomic E-state index is 11.7. The van der Waals surface area contributed by atoms with Gasteiger partial charge in [0, 0.05) is 18.0 Å². The highest BCUT2D eigenvalue weighted by atomic mass is 16.1. The zero-order chi connectivity index (χ0) is 13.4. The van der Waals surface area contributed by atoms with Gasteiger partial charge in [-0.05, 0) is 37.1 Å². The first-order valence-electron chi connectivity index (χ1n) is 6.70. The van der Waals surface area contributed by atoms with Crippen LogP contribution in [0.25, 0.3) is 10.4 Å². The fourth-order valence-corrected chi connectivity index (χ4v) is 2.77. The minimum atomic E-state index is -0.588. The van der Waals surface area contributed by atoms with Gasteiger partial charge >= 0.3 is 0 Å². The molecule has 3 N–H and O–H groups in total. The van der Waals surface area contributed by atoms with Gasteiger partial charge in [-0.2, -0.15) is 0 Å². The Labute approximate surface area is 108 Å². The lowest BCUT2D eigenvalue weighted by Crippen LogP contribution is -2.57. The molecule has 1 saturated carbocycles. The van der Waals surface area contributed by atoms with Crippen LogP contribution in [0.5, 0.6) is 0 Å². The van der Waals surface area contributed by atoms with Crippen LogP contribution < -0.4 is 11.1 Å². The first-order chi connectivity index (χ1) is 8.64. The molecule has 0 aromatic carbocycles. The first-order valence-corrected chi connectivity index (χ1v) is 6.70. The van der Waals surface area contributed by atoms with Crippen molar-refractivity contribution >= 4 is 5.91 Å². The van der Waals surface area contributed by atoms with E-state index >= 15 is 0 Å². The summed E-state index contributed by atoms with van der Waals surface area (Å²) >= 11 is 0. The summed E-state index contributed by atoms with van der Waals surface area (Å²) in [6, 6.07) is 0. The molecule has 0 aromatic heterocycles. The zero-order valence-corrected chi connectivity index (χ0v) is 11.1. The van der Waals surface area contributed by atoms with Gasteiger partial charge in [0.15, 0.2) is 0 Å². The molecule has 0 bridgehead atoms. The van der Waals surface area contributed by atoms with Gasteiger partial charge in [0.2, 0.25) is 5.91 Å². The molecular formula is C12H23N5O. The van der Waals surface area contributed by atoms with Crippen molar-refractivity contribution in [2.75, 3.05) is 13.1 Å². The van der Waals surface area contributed by atoms with Crippen molar-refractivity contribution in [2.45, 2.75) is 51.0 Å². The Kier molecular flexibility index (Phi) is 5.95. The summed E-state index contributed by atoms with van der Waals surface area (Å²) in [4.78, 5) is 14.4. The molecule has 1 rings (SSSR count). The minimum absolute atomic E-state index is 0.279. The molecule has 1 aliphatic rings. The fourth-order valence-electron chi connectivity index (χ4n) is 2.77. The summed E-state index contributed by atoms with van der Waals surface area (Å²) in [5.74, 6) is 0.444. The van der Waals surface area contributed by atoms with E-state index in [0.717, 1.165) is 31.6 Å². The highest BCUT2D eigenvalue weighted by Crippen LogP contribution is 2.34. The van der Waals surface area contributed by atoms with Crippen LogP contribution in [0.15, 0.2) is 5.11 Å². The van der Waals surface area contributed by atoms with E-state index in [-0.39, 0.29) is 5.91 Å². The molecule has 0 atom stereocenters. The van der Waals surface area contributed by atoms with Crippen LogP contribution in [0.3, 0.4) is 0 Å². The lowest BCUT2D eigenvalue weighted by atomic mass is 9.74. The standard InChI is InChI=1S/C12H23N5O/c1-2-3-10-4-6-12(7-5-10,11(13)18)15-8-9-16-17-14/h10,15H,2-9H2,1H3,(H2,13,18). The summed E-state index contributed by atoms with van der Waals surface area (Å²) < 4.78 is 0. The van der Waals surface area contributed by atoms with E-state index < -0.39 is 5.54 Å². The number of nitrogens with two attached hydrogens (primary N) is 1. The van der Waals surface area contributed by atoms with Gasteiger partial charge in [0.25, 0.3) is 0 Å². The molecule has 0 aliphatic heterocycles. The normalized spacial score (nSPS) is 27.5. The van der Waals surface area contributed by atoms with Gasteiger partial charge in [-0.1, -0.05) is 24.9 Å². The van der Waals surface area contributed by atoms with E-state index in [1.165, 1.54) is 12.8 Å². The number of hydrogen-bond donors (Lipinski definition) is 2. The van der Waals surface area contributed by atoms with Crippen LogP contribution in [0.1, 0.15) is 45.4 Å². The van der Waals surface area contributed by atoms with Crippen LogP contribution in [0.4, 0.5) is 0 Å². The van der Waals surface area contributed by atoms with Crippen molar-refractivity contribution in [1.29, 1.82) is 0 Å². The maximum absolute atomic E-state index is 11.7. The fraction of sp³-hybridized carbons (Fsp3) is 0.917. The molecule has 0 spiro atoms. The van der Waals surface area contributed by atoms with Crippen LogP contribution in [-0.4, -0.2) is 24.5 Å². The second-order valence-electron chi connectivity index (χ2n) is 5.06. The molecule has 0 unspecified atom stereocenters. The molecule has 1 amide bonds. The molecule has 0 heterocycles. The summed E-state index contributed by atoms with van der Waals surface area (Å²) in [6.45, 7) is 3.05. The Morgan fingerprint density at radius 2 is 2.22 bits per heavy atom. The molecule has 1 aliphatic carbocycles.